The van der Waals surface area contributed by atoms with Crippen molar-refractivity contribution in [2.24, 2.45) is 0 Å². The fraction of sp³-hybridized carbons (Fsp3) is 0.464. The highest BCUT2D eigenvalue weighted by molar-refractivity contribution is 5.91. The number of anilines is 4. The fourth-order valence-corrected chi connectivity index (χ4v) is 4.14. The minimum absolute atomic E-state index is 0.266. The van der Waals surface area contributed by atoms with Crippen molar-refractivity contribution in [1.82, 2.24) is 25.2 Å². The van der Waals surface area contributed by atoms with Crippen LogP contribution < -0.4 is 20.9 Å². The van der Waals surface area contributed by atoms with Crippen molar-refractivity contribution in [2.75, 3.05) is 41.7 Å². The highest BCUT2D eigenvalue weighted by Crippen LogP contribution is 2.24. The van der Waals surface area contributed by atoms with Gasteiger partial charge in [-0.15, -0.1) is 0 Å². The molecule has 0 unspecified atom stereocenters. The molecule has 11 heteroatoms. The van der Waals surface area contributed by atoms with Crippen LogP contribution in [0.15, 0.2) is 36.5 Å². The van der Waals surface area contributed by atoms with E-state index >= 15 is 0 Å². The number of rotatable bonds is 4. The monoisotopic (exact) mass is 534 g/mol. The van der Waals surface area contributed by atoms with Crippen LogP contribution in [0.2, 0.25) is 0 Å². The van der Waals surface area contributed by atoms with E-state index in [-0.39, 0.29) is 17.7 Å². The van der Waals surface area contributed by atoms with E-state index in [9.17, 15) is 9.59 Å². The molecule has 39 heavy (non-hydrogen) atoms. The Morgan fingerprint density at radius 3 is 2.23 bits per heavy atom. The second-order valence-electron chi connectivity index (χ2n) is 11.7. The molecule has 0 spiro atoms. The van der Waals surface area contributed by atoms with Crippen LogP contribution in [0.1, 0.15) is 47.1 Å². The first-order valence-corrected chi connectivity index (χ1v) is 13.1. The van der Waals surface area contributed by atoms with Crippen LogP contribution in [0.4, 0.5) is 32.7 Å². The number of fused-ring (bicyclic) bond motifs is 1. The predicted octanol–water partition coefficient (Wildman–Crippen LogP) is 5.05. The third kappa shape index (κ3) is 7.68. The first-order valence-electron chi connectivity index (χ1n) is 13.1. The third-order valence-electron chi connectivity index (χ3n) is 5.92. The molecule has 1 fully saturated rings. The average Bonchev–Trinajstić information content (AvgIpc) is 2.82. The van der Waals surface area contributed by atoms with Crippen LogP contribution in [-0.2, 0) is 4.74 Å². The Labute approximate surface area is 229 Å². The molecule has 2 aromatic heterocycles. The number of ether oxygens (including phenoxy) is 1. The van der Waals surface area contributed by atoms with Gasteiger partial charge < -0.3 is 25.2 Å². The summed E-state index contributed by atoms with van der Waals surface area (Å²) in [5.74, 6) is 0.826. The van der Waals surface area contributed by atoms with Gasteiger partial charge >= 0.3 is 12.1 Å². The van der Waals surface area contributed by atoms with Crippen molar-refractivity contribution in [2.45, 2.75) is 59.6 Å². The number of pyridine rings is 1. The van der Waals surface area contributed by atoms with Gasteiger partial charge in [0.2, 0.25) is 5.95 Å². The molecule has 0 radical (unpaired) electrons. The fourth-order valence-electron chi connectivity index (χ4n) is 4.14. The SMILES string of the molecule is Cc1cc(NC(=O)NC(C)(C)C)nc2nc(Nc3ccc(N4CCN(C(=O)OC(C)(C)C)CC4)cc3)ncc12. The summed E-state index contributed by atoms with van der Waals surface area (Å²) in [4.78, 5) is 42.1. The molecule has 4 rings (SSSR count). The Hall–Kier alpha value is -4.15. The molecule has 0 aliphatic carbocycles. The minimum atomic E-state index is -0.498. The van der Waals surface area contributed by atoms with Gasteiger partial charge in [0, 0.05) is 54.7 Å². The Bertz CT molecular complexity index is 1340. The molecule has 1 aliphatic heterocycles. The van der Waals surface area contributed by atoms with Crippen LogP contribution in [0.5, 0.6) is 0 Å². The number of hydrogen-bond donors (Lipinski definition) is 3. The molecule has 3 N–H and O–H groups in total. The van der Waals surface area contributed by atoms with E-state index in [2.05, 4.69) is 35.8 Å². The van der Waals surface area contributed by atoms with Crippen molar-refractivity contribution >= 4 is 46.3 Å². The number of nitrogens with zero attached hydrogens (tertiary/aromatic N) is 5. The van der Waals surface area contributed by atoms with Crippen molar-refractivity contribution < 1.29 is 14.3 Å². The lowest BCUT2D eigenvalue weighted by atomic mass is 10.1. The maximum absolute atomic E-state index is 12.3. The van der Waals surface area contributed by atoms with Gasteiger partial charge in [-0.05, 0) is 84.4 Å². The standard InChI is InChI=1S/C28H38N8O3/c1-18-16-22(32-25(37)34-27(2,3)4)31-23-21(18)17-29-24(33-23)30-19-8-10-20(11-9-19)35-12-14-36(15-13-35)26(38)39-28(5,6)7/h8-11,16-17H,12-15H2,1-7H3,(H3,29,30,31,32,33,34,37). The molecule has 0 bridgehead atoms. The van der Waals surface area contributed by atoms with Crippen LogP contribution in [0.3, 0.4) is 0 Å². The van der Waals surface area contributed by atoms with Crippen LogP contribution in [0.25, 0.3) is 11.0 Å². The Kier molecular flexibility index (Phi) is 7.80. The van der Waals surface area contributed by atoms with Crippen molar-refractivity contribution in [3.63, 3.8) is 0 Å². The van der Waals surface area contributed by atoms with E-state index < -0.39 is 5.60 Å². The highest BCUT2D eigenvalue weighted by atomic mass is 16.6. The van der Waals surface area contributed by atoms with Crippen LogP contribution in [-0.4, -0.2) is 69.3 Å². The molecule has 1 aliphatic rings. The Morgan fingerprint density at radius 2 is 1.62 bits per heavy atom. The molecule has 3 amide bonds. The maximum Gasteiger partial charge on any atom is 0.410 e. The topological polar surface area (TPSA) is 125 Å². The summed E-state index contributed by atoms with van der Waals surface area (Å²) >= 11 is 0. The van der Waals surface area contributed by atoms with Crippen LogP contribution in [0, 0.1) is 6.92 Å². The number of amides is 3. The largest absolute Gasteiger partial charge is 0.444 e. The van der Waals surface area contributed by atoms with Gasteiger partial charge in [-0.1, -0.05) is 0 Å². The third-order valence-corrected chi connectivity index (χ3v) is 5.92. The molecular weight excluding hydrogens is 496 g/mol. The lowest BCUT2D eigenvalue weighted by Crippen LogP contribution is -2.50. The van der Waals surface area contributed by atoms with Gasteiger partial charge in [0.1, 0.15) is 11.4 Å². The minimum Gasteiger partial charge on any atom is -0.444 e. The van der Waals surface area contributed by atoms with Gasteiger partial charge in [0.25, 0.3) is 0 Å². The number of carbonyl (C=O) groups excluding carboxylic acids is 2. The summed E-state index contributed by atoms with van der Waals surface area (Å²) in [5.41, 5.74) is 2.44. The number of nitrogens with one attached hydrogen (secondary N) is 3. The molecule has 1 aromatic carbocycles. The van der Waals surface area contributed by atoms with Crippen molar-refractivity contribution in [3.05, 3.63) is 42.1 Å². The molecule has 11 nitrogen and oxygen atoms in total. The zero-order valence-electron chi connectivity index (χ0n) is 23.8. The maximum atomic E-state index is 12.3. The summed E-state index contributed by atoms with van der Waals surface area (Å²) in [6, 6.07) is 9.48. The summed E-state index contributed by atoms with van der Waals surface area (Å²) in [7, 11) is 0. The zero-order valence-corrected chi connectivity index (χ0v) is 23.8. The molecule has 3 aromatic rings. The molecule has 0 saturated carbocycles. The second-order valence-corrected chi connectivity index (χ2v) is 11.7. The van der Waals surface area contributed by atoms with Crippen molar-refractivity contribution in [1.29, 1.82) is 0 Å². The van der Waals surface area contributed by atoms with Crippen LogP contribution >= 0.6 is 0 Å². The lowest BCUT2D eigenvalue weighted by Gasteiger charge is -2.36. The summed E-state index contributed by atoms with van der Waals surface area (Å²) in [5, 5.41) is 9.68. The molecule has 3 heterocycles. The molecule has 0 atom stereocenters. The van der Waals surface area contributed by atoms with Gasteiger partial charge in [0.15, 0.2) is 5.65 Å². The number of aryl methyl sites for hydroxylation is 1. The summed E-state index contributed by atoms with van der Waals surface area (Å²) in [6.45, 7) is 16.0. The first-order chi connectivity index (χ1) is 18.3. The second kappa shape index (κ2) is 10.9. The molecule has 208 valence electrons. The number of hydrogen-bond acceptors (Lipinski definition) is 8. The van der Waals surface area contributed by atoms with E-state index in [1.54, 1.807) is 17.2 Å². The normalized spacial score (nSPS) is 14.2. The van der Waals surface area contributed by atoms with E-state index in [0.717, 1.165) is 35.4 Å². The highest BCUT2D eigenvalue weighted by Gasteiger charge is 2.26. The molecule has 1 saturated heterocycles. The molecular formula is C28H38N8O3. The van der Waals surface area contributed by atoms with E-state index in [1.165, 1.54) is 0 Å². The summed E-state index contributed by atoms with van der Waals surface area (Å²) < 4.78 is 5.49. The Balaban J connectivity index is 1.39. The zero-order chi connectivity index (χ0) is 28.4. The van der Waals surface area contributed by atoms with E-state index in [0.29, 0.717) is 30.5 Å². The summed E-state index contributed by atoms with van der Waals surface area (Å²) in [6.07, 6.45) is 1.46. The quantitative estimate of drug-likeness (QED) is 0.425. The van der Waals surface area contributed by atoms with E-state index in [4.69, 9.17) is 4.74 Å². The van der Waals surface area contributed by atoms with Gasteiger partial charge in [-0.2, -0.15) is 4.98 Å². The van der Waals surface area contributed by atoms with Gasteiger partial charge in [-0.25, -0.2) is 19.6 Å². The lowest BCUT2D eigenvalue weighted by molar-refractivity contribution is 0.0240. The van der Waals surface area contributed by atoms with Gasteiger partial charge in [-0.3, -0.25) is 5.32 Å². The van der Waals surface area contributed by atoms with Gasteiger partial charge in [0.05, 0.1) is 0 Å². The average molecular weight is 535 g/mol. The van der Waals surface area contributed by atoms with Crippen molar-refractivity contribution in [3.8, 4) is 0 Å². The number of carbonyl (C=O) groups is 2. The smallest absolute Gasteiger partial charge is 0.410 e. The number of urea groups is 1. The number of benzene rings is 1. The van der Waals surface area contributed by atoms with E-state index in [1.807, 2.05) is 72.7 Å². The first kappa shape index (κ1) is 27.9. The number of aromatic nitrogens is 3. The predicted molar refractivity (Wildman–Crippen MR) is 154 cm³/mol. The Morgan fingerprint density at radius 1 is 0.949 bits per heavy atom. The number of piperazine rings is 1.